The molecule has 1 heterocycles. The summed E-state index contributed by atoms with van der Waals surface area (Å²) in [7, 11) is 1.55. The minimum Gasteiger partial charge on any atom is -0.497 e. The molecule has 1 atom stereocenters. The first-order valence-electron chi connectivity index (χ1n) is 11.1. The smallest absolute Gasteiger partial charge is 0.251 e. The number of methoxy groups -OCH3 is 1. The van der Waals surface area contributed by atoms with Gasteiger partial charge in [-0.25, -0.2) is 0 Å². The van der Waals surface area contributed by atoms with E-state index in [1.807, 2.05) is 24.3 Å². The summed E-state index contributed by atoms with van der Waals surface area (Å²) in [6.07, 6.45) is 2.59. The van der Waals surface area contributed by atoms with Gasteiger partial charge in [-0.05, 0) is 48.4 Å². The number of carbonyl (C=O) groups is 2. The van der Waals surface area contributed by atoms with Crippen LogP contribution in [0.4, 0.5) is 5.69 Å². The molecule has 0 radical (unpaired) electrons. The molecular formula is C25H29N5O4S. The molecule has 35 heavy (non-hydrogen) atoms. The van der Waals surface area contributed by atoms with Crippen LogP contribution in [0.15, 0.2) is 66.3 Å². The minimum atomic E-state index is -0.794. The van der Waals surface area contributed by atoms with E-state index in [2.05, 4.69) is 34.3 Å². The highest BCUT2D eigenvalue weighted by atomic mass is 32.2. The van der Waals surface area contributed by atoms with E-state index in [1.165, 1.54) is 17.3 Å². The maximum atomic E-state index is 12.7. The zero-order chi connectivity index (χ0) is 25.2. The molecule has 0 aliphatic carbocycles. The summed E-state index contributed by atoms with van der Waals surface area (Å²) in [6.45, 7) is 5.81. The molecule has 1 aromatic heterocycles. The number of carbonyl (C=O) groups excluding carboxylic acids is 2. The molecule has 9 nitrogen and oxygen atoms in total. The van der Waals surface area contributed by atoms with E-state index in [1.54, 1.807) is 42.0 Å². The minimum absolute atomic E-state index is 0.118. The predicted molar refractivity (Wildman–Crippen MR) is 136 cm³/mol. The Morgan fingerprint density at radius 3 is 2.49 bits per heavy atom. The highest BCUT2D eigenvalue weighted by molar-refractivity contribution is 7.99. The highest BCUT2D eigenvalue weighted by Gasteiger charge is 2.23. The molecule has 0 fully saturated rings. The van der Waals surface area contributed by atoms with Crippen LogP contribution in [-0.2, 0) is 17.8 Å². The molecule has 184 valence electrons. The molecule has 2 amide bonds. The molecule has 0 aliphatic heterocycles. The number of hydrogen-bond donors (Lipinski definition) is 3. The number of rotatable bonds is 12. The van der Waals surface area contributed by atoms with Crippen LogP contribution >= 0.6 is 11.8 Å². The molecule has 0 unspecified atom stereocenters. The van der Waals surface area contributed by atoms with Gasteiger partial charge in [0.25, 0.3) is 5.91 Å². The van der Waals surface area contributed by atoms with E-state index in [0.717, 1.165) is 12.1 Å². The summed E-state index contributed by atoms with van der Waals surface area (Å²) in [4.78, 5) is 25.1. The van der Waals surface area contributed by atoms with Crippen LogP contribution in [0.2, 0.25) is 0 Å². The molecule has 2 aromatic carbocycles. The Kier molecular flexibility index (Phi) is 9.45. The number of thioether (sulfide) groups is 1. The van der Waals surface area contributed by atoms with E-state index in [-0.39, 0.29) is 24.2 Å². The number of nitrogens with zero attached hydrogens (tertiary/aromatic N) is 3. The van der Waals surface area contributed by atoms with Gasteiger partial charge in [0.1, 0.15) is 11.8 Å². The molecule has 3 aromatic rings. The summed E-state index contributed by atoms with van der Waals surface area (Å²) < 4.78 is 6.83. The number of aliphatic hydroxyl groups excluding tert-OH is 1. The molecule has 0 saturated carbocycles. The Hall–Kier alpha value is -3.63. The number of hydrogen-bond acceptors (Lipinski definition) is 7. The summed E-state index contributed by atoms with van der Waals surface area (Å²) >= 11 is 1.21. The van der Waals surface area contributed by atoms with Crippen molar-refractivity contribution in [1.82, 2.24) is 20.1 Å². The second-order valence-corrected chi connectivity index (χ2v) is 8.51. The van der Waals surface area contributed by atoms with Crippen molar-refractivity contribution < 1.29 is 19.4 Å². The third kappa shape index (κ3) is 6.93. The quantitative estimate of drug-likeness (QED) is 0.261. The van der Waals surface area contributed by atoms with E-state index in [4.69, 9.17) is 4.74 Å². The Morgan fingerprint density at radius 1 is 1.17 bits per heavy atom. The Bertz CT molecular complexity index is 1150. The normalized spacial score (nSPS) is 11.5. The average Bonchev–Trinajstić information content (AvgIpc) is 3.28. The molecular weight excluding hydrogens is 466 g/mol. The van der Waals surface area contributed by atoms with Gasteiger partial charge in [0, 0.05) is 17.8 Å². The number of allylic oxidation sites excluding steroid dienone is 1. The van der Waals surface area contributed by atoms with E-state index in [9.17, 15) is 14.7 Å². The number of aromatic nitrogens is 3. The number of benzene rings is 2. The van der Waals surface area contributed by atoms with Crippen molar-refractivity contribution in [2.75, 3.05) is 24.8 Å². The van der Waals surface area contributed by atoms with Gasteiger partial charge in [0.05, 0.1) is 19.5 Å². The first-order valence-corrected chi connectivity index (χ1v) is 12.1. The van der Waals surface area contributed by atoms with Gasteiger partial charge in [-0.1, -0.05) is 36.9 Å². The Labute approximate surface area is 208 Å². The standard InChI is InChI=1S/C25H29N5O4S/c1-4-14-30-23(21(15-31)27-24(33)18-8-12-20(34-3)13-9-18)28-29-25(30)35-16-22(32)26-19-10-6-17(5-2)7-11-19/h4,6-13,21,31H,1,5,14-16H2,2-3H3,(H,26,32)(H,27,33)/t21-/m1/s1. The monoisotopic (exact) mass is 495 g/mol. The Balaban J connectivity index is 1.67. The topological polar surface area (TPSA) is 118 Å². The predicted octanol–water partition coefficient (Wildman–Crippen LogP) is 3.23. The lowest BCUT2D eigenvalue weighted by Crippen LogP contribution is -2.33. The van der Waals surface area contributed by atoms with Crippen LogP contribution in [0.25, 0.3) is 0 Å². The number of amides is 2. The Morgan fingerprint density at radius 2 is 1.89 bits per heavy atom. The van der Waals surface area contributed by atoms with Crippen LogP contribution in [-0.4, -0.2) is 51.2 Å². The zero-order valence-electron chi connectivity index (χ0n) is 19.7. The SMILES string of the molecule is C=CCn1c(SCC(=O)Nc2ccc(CC)cc2)nnc1[C@@H](CO)NC(=O)c1ccc(OC)cc1. The van der Waals surface area contributed by atoms with Crippen molar-refractivity contribution in [3.63, 3.8) is 0 Å². The van der Waals surface area contributed by atoms with Gasteiger partial charge in [-0.15, -0.1) is 16.8 Å². The van der Waals surface area contributed by atoms with Crippen molar-refractivity contribution in [3.8, 4) is 5.75 Å². The molecule has 3 rings (SSSR count). The largest absolute Gasteiger partial charge is 0.497 e. The number of nitrogens with one attached hydrogen (secondary N) is 2. The fraction of sp³-hybridized carbons (Fsp3) is 0.280. The van der Waals surface area contributed by atoms with Gasteiger partial charge >= 0.3 is 0 Å². The van der Waals surface area contributed by atoms with Gasteiger partial charge in [0.15, 0.2) is 11.0 Å². The third-order valence-electron chi connectivity index (χ3n) is 5.19. The van der Waals surface area contributed by atoms with Gasteiger partial charge in [-0.3, -0.25) is 9.59 Å². The van der Waals surface area contributed by atoms with Crippen molar-refractivity contribution >= 4 is 29.3 Å². The maximum Gasteiger partial charge on any atom is 0.251 e. The van der Waals surface area contributed by atoms with E-state index in [0.29, 0.717) is 28.8 Å². The lowest BCUT2D eigenvalue weighted by atomic mass is 10.1. The first-order chi connectivity index (χ1) is 17.0. The second-order valence-electron chi connectivity index (χ2n) is 7.56. The molecule has 0 saturated heterocycles. The highest BCUT2D eigenvalue weighted by Crippen LogP contribution is 2.22. The molecule has 10 heteroatoms. The van der Waals surface area contributed by atoms with Crippen LogP contribution < -0.4 is 15.4 Å². The molecule has 0 bridgehead atoms. The fourth-order valence-electron chi connectivity index (χ4n) is 3.29. The zero-order valence-corrected chi connectivity index (χ0v) is 20.5. The van der Waals surface area contributed by atoms with Gasteiger partial charge < -0.3 is 25.0 Å². The van der Waals surface area contributed by atoms with E-state index >= 15 is 0 Å². The summed E-state index contributed by atoms with van der Waals surface area (Å²) in [6, 6.07) is 13.5. The summed E-state index contributed by atoms with van der Waals surface area (Å²) in [5.41, 5.74) is 2.33. The average molecular weight is 496 g/mol. The molecule has 0 spiro atoms. The van der Waals surface area contributed by atoms with Crippen molar-refractivity contribution in [3.05, 3.63) is 78.1 Å². The lowest BCUT2D eigenvalue weighted by molar-refractivity contribution is -0.113. The van der Waals surface area contributed by atoms with Crippen molar-refractivity contribution in [1.29, 1.82) is 0 Å². The van der Waals surface area contributed by atoms with Crippen molar-refractivity contribution in [2.24, 2.45) is 0 Å². The first kappa shape index (κ1) is 26.0. The van der Waals surface area contributed by atoms with Crippen LogP contribution in [0.3, 0.4) is 0 Å². The van der Waals surface area contributed by atoms with Crippen LogP contribution in [0, 0.1) is 0 Å². The van der Waals surface area contributed by atoms with Crippen molar-refractivity contribution in [2.45, 2.75) is 31.1 Å². The van der Waals surface area contributed by atoms with Crippen LogP contribution in [0.1, 0.15) is 34.7 Å². The van der Waals surface area contributed by atoms with Crippen LogP contribution in [0.5, 0.6) is 5.75 Å². The number of anilines is 1. The summed E-state index contributed by atoms with van der Waals surface area (Å²) in [5, 5.41) is 24.4. The summed E-state index contributed by atoms with van der Waals surface area (Å²) in [5.74, 6) is 0.567. The molecule has 3 N–H and O–H groups in total. The number of ether oxygens (including phenoxy) is 1. The number of aliphatic hydroxyl groups is 1. The van der Waals surface area contributed by atoms with Gasteiger partial charge in [0.2, 0.25) is 5.91 Å². The van der Waals surface area contributed by atoms with E-state index < -0.39 is 6.04 Å². The number of aryl methyl sites for hydroxylation is 1. The third-order valence-corrected chi connectivity index (χ3v) is 6.15. The maximum absolute atomic E-state index is 12.7. The second kappa shape index (κ2) is 12.7. The van der Waals surface area contributed by atoms with Gasteiger partial charge in [-0.2, -0.15) is 0 Å². The fourth-order valence-corrected chi connectivity index (χ4v) is 4.05. The lowest BCUT2D eigenvalue weighted by Gasteiger charge is -2.17. The molecule has 0 aliphatic rings.